The van der Waals surface area contributed by atoms with Gasteiger partial charge in [-0.1, -0.05) is 0 Å². The monoisotopic (exact) mass is 741 g/mol. The minimum absolute atomic E-state index is 0.0227. The third-order valence-electron chi connectivity index (χ3n) is 5.41. The number of rotatable bonds is 5. The van der Waals surface area contributed by atoms with Crippen LogP contribution in [-0.2, 0) is 9.53 Å². The van der Waals surface area contributed by atoms with Crippen LogP contribution in [0.3, 0.4) is 0 Å². The van der Waals surface area contributed by atoms with E-state index in [0.29, 0.717) is 19.3 Å². The van der Waals surface area contributed by atoms with Crippen LogP contribution in [0.5, 0.6) is 0 Å². The Bertz CT molecular complexity index is 524. The summed E-state index contributed by atoms with van der Waals surface area (Å²) in [5.74, 6) is 0.751. The van der Waals surface area contributed by atoms with Crippen LogP contribution in [0.25, 0.3) is 0 Å². The first-order chi connectivity index (χ1) is 9.83. The van der Waals surface area contributed by atoms with Crippen molar-refractivity contribution >= 4 is 79.1 Å². The third-order valence-corrected chi connectivity index (χ3v) is 24.4. The molecule has 0 N–H and O–H groups in total. The predicted octanol–water partition coefficient (Wildman–Crippen LogP) is 1.23. The molecular formula is C15H21I4O2-. The second-order valence-corrected chi connectivity index (χ2v) is 21.8. The Balaban J connectivity index is 2.03. The molecule has 0 aromatic heterocycles. The van der Waals surface area contributed by atoms with Crippen molar-refractivity contribution in [3.05, 3.63) is 0 Å². The molecule has 0 radical (unpaired) electrons. The average molecular weight is 741 g/mol. The van der Waals surface area contributed by atoms with E-state index in [-0.39, 0.29) is 74.1 Å². The second kappa shape index (κ2) is 5.84. The molecule has 21 heavy (non-hydrogen) atoms. The Labute approximate surface area is 171 Å². The van der Waals surface area contributed by atoms with Gasteiger partial charge in [0.25, 0.3) is 0 Å². The normalized spacial score (nSPS) is 50.9. The van der Waals surface area contributed by atoms with Gasteiger partial charge in [0.2, 0.25) is 0 Å². The van der Waals surface area contributed by atoms with E-state index >= 15 is 0 Å². The molecule has 5 atom stereocenters. The maximum atomic E-state index is 12.2. The number of carbonyl (C=O) groups excluding carboxylic acids is 1. The fraction of sp³-hybridized carbons (Fsp3) is 0.800. The van der Waals surface area contributed by atoms with E-state index < -0.39 is 0 Å². The van der Waals surface area contributed by atoms with E-state index in [0.717, 1.165) is 5.92 Å². The molecule has 6 heteroatoms. The summed E-state index contributed by atoms with van der Waals surface area (Å²) < 4.78 is 15.8. The maximum absolute atomic E-state index is 12.2. The van der Waals surface area contributed by atoms with Gasteiger partial charge in [-0.05, 0) is 0 Å². The topological polar surface area (TPSA) is 26.3 Å². The zero-order valence-corrected chi connectivity index (χ0v) is 21.0. The zero-order valence-electron chi connectivity index (χ0n) is 12.4. The number of hydrogen-bond donors (Lipinski definition) is 0. The van der Waals surface area contributed by atoms with Crippen LogP contribution >= 0.6 is 64.1 Å². The zero-order chi connectivity index (χ0) is 15.5. The standard InChI is InChI=1S/C15H21I4O2/c1-5-21-11(20)8-12(2)10-6-7-13(16)9-14(10,17-3)15(12,18-4)19-13/h10H,3-9H2,1-2H3/q-1/t10-,12+,13-,14+,15+/m1/s1. The van der Waals surface area contributed by atoms with Gasteiger partial charge in [0, 0.05) is 0 Å². The Kier molecular flexibility index (Phi) is 4.99. The number of carbonyl (C=O) groups is 1. The molecule has 3 aliphatic rings. The number of fused-ring (bicyclic) bond motifs is 1. The number of hydrogen-bond acceptors (Lipinski definition) is 2. The van der Waals surface area contributed by atoms with E-state index in [1.165, 1.54) is 19.3 Å². The van der Waals surface area contributed by atoms with Crippen LogP contribution in [0.1, 0.15) is 39.5 Å². The first kappa shape index (κ1) is 17.9. The van der Waals surface area contributed by atoms with Gasteiger partial charge in [0.15, 0.2) is 0 Å². The SMILES string of the molecule is C=I[C@]12[I-][C@]3(I)CC[C@H]([C@]1(C)CC(=O)OCC)[C@@]2(I=C)C3. The molecule has 1 aliphatic heterocycles. The number of halogens is 4. The van der Waals surface area contributed by atoms with Crippen LogP contribution in [0, 0.1) is 11.3 Å². The second-order valence-electron chi connectivity index (χ2n) is 6.32. The molecule has 3 fully saturated rings. The van der Waals surface area contributed by atoms with Crippen LogP contribution in [0.4, 0.5) is 0 Å². The first-order valence-corrected chi connectivity index (χ1v) is 15.6. The average Bonchev–Trinajstić information content (AvgIpc) is 2.54. The molecule has 0 unspecified atom stereocenters. The predicted molar refractivity (Wildman–Crippen MR) is 111 cm³/mol. The molecule has 2 aliphatic carbocycles. The quantitative estimate of drug-likeness (QED) is 0.241. The van der Waals surface area contributed by atoms with E-state index in [1.807, 2.05) is 6.92 Å². The van der Waals surface area contributed by atoms with Crippen molar-refractivity contribution in [1.82, 2.24) is 0 Å². The van der Waals surface area contributed by atoms with Crippen LogP contribution in [-0.4, -0.2) is 27.9 Å². The molecule has 0 aromatic carbocycles. The van der Waals surface area contributed by atoms with Crippen LogP contribution in [0.15, 0.2) is 0 Å². The van der Waals surface area contributed by atoms with Gasteiger partial charge in [0.1, 0.15) is 0 Å². The third kappa shape index (κ3) is 2.18. The summed E-state index contributed by atoms with van der Waals surface area (Å²) in [6, 6.07) is 0. The Morgan fingerprint density at radius 1 is 1.48 bits per heavy atom. The molecule has 1 saturated heterocycles. The number of esters is 1. The minimum atomic E-state index is -0.0933. The van der Waals surface area contributed by atoms with Crippen molar-refractivity contribution in [1.29, 1.82) is 0 Å². The van der Waals surface area contributed by atoms with Gasteiger partial charge in [-0.25, -0.2) is 0 Å². The Hall–Kier alpha value is 2.13. The fourth-order valence-corrected chi connectivity index (χ4v) is 30.1. The van der Waals surface area contributed by atoms with Crippen LogP contribution in [0.2, 0.25) is 0 Å². The van der Waals surface area contributed by atoms with Gasteiger partial charge in [-0.2, -0.15) is 0 Å². The van der Waals surface area contributed by atoms with Gasteiger partial charge in [-0.15, -0.1) is 0 Å². The van der Waals surface area contributed by atoms with Gasteiger partial charge >= 0.3 is 174 Å². The molecule has 122 valence electrons. The van der Waals surface area contributed by atoms with Crippen LogP contribution < -0.4 is 21.2 Å². The molecule has 0 spiro atoms. The number of ether oxygens (including phenoxy) is 1. The summed E-state index contributed by atoms with van der Waals surface area (Å²) >= 11 is 2.76. The van der Waals surface area contributed by atoms with Gasteiger partial charge < -0.3 is 0 Å². The molecule has 2 saturated carbocycles. The van der Waals surface area contributed by atoms with E-state index in [2.05, 4.69) is 38.5 Å². The van der Waals surface area contributed by atoms with Gasteiger partial charge in [-0.3, -0.25) is 0 Å². The molecule has 3 rings (SSSR count). The van der Waals surface area contributed by atoms with Crippen molar-refractivity contribution in [3.8, 4) is 0 Å². The van der Waals surface area contributed by atoms with Crippen molar-refractivity contribution in [3.63, 3.8) is 0 Å². The molecule has 2 nitrogen and oxygen atoms in total. The summed E-state index contributed by atoms with van der Waals surface area (Å²) in [4.78, 5) is 12.2. The fourth-order valence-electron chi connectivity index (χ4n) is 4.70. The number of alkyl halides is 5. The van der Waals surface area contributed by atoms with Crippen molar-refractivity contribution < 1.29 is 30.7 Å². The van der Waals surface area contributed by atoms with Crippen molar-refractivity contribution in [2.24, 2.45) is 11.3 Å². The molecular weight excluding hydrogens is 720 g/mol. The van der Waals surface area contributed by atoms with Crippen molar-refractivity contribution in [2.45, 2.75) is 45.8 Å². The summed E-state index contributed by atoms with van der Waals surface area (Å²) in [5, 5.41) is 0. The molecule has 0 amide bonds. The Morgan fingerprint density at radius 3 is 2.76 bits per heavy atom. The van der Waals surface area contributed by atoms with E-state index in [4.69, 9.17) is 4.74 Å². The molecule has 0 aromatic rings. The Morgan fingerprint density at radius 2 is 2.19 bits per heavy atom. The summed E-state index contributed by atoms with van der Waals surface area (Å²) in [5.41, 5.74) is 0.183. The molecule has 1 heterocycles. The first-order valence-electron chi connectivity index (χ1n) is 7.14. The molecule has 2 bridgehead atoms. The summed E-state index contributed by atoms with van der Waals surface area (Å²) in [6.45, 7) is 4.82. The summed E-state index contributed by atoms with van der Waals surface area (Å²) in [7, 11) is 0. The van der Waals surface area contributed by atoms with E-state index in [1.54, 1.807) is 0 Å². The van der Waals surface area contributed by atoms with Crippen molar-refractivity contribution in [2.75, 3.05) is 6.61 Å². The van der Waals surface area contributed by atoms with Gasteiger partial charge in [0.05, 0.1) is 0 Å². The summed E-state index contributed by atoms with van der Waals surface area (Å²) in [6.07, 6.45) is 4.74. The van der Waals surface area contributed by atoms with E-state index in [9.17, 15) is 4.79 Å².